The Bertz CT molecular complexity index is 300. The van der Waals surface area contributed by atoms with Gasteiger partial charge in [0.1, 0.15) is 5.82 Å². The number of halogens is 1. The summed E-state index contributed by atoms with van der Waals surface area (Å²) in [5.74, 6) is 0.892. The lowest BCUT2D eigenvalue weighted by atomic mass is 10.0. The molecule has 1 saturated carbocycles. The second-order valence-electron chi connectivity index (χ2n) is 4.03. The highest BCUT2D eigenvalue weighted by Gasteiger charge is 2.21. The van der Waals surface area contributed by atoms with E-state index in [0.29, 0.717) is 0 Å². The van der Waals surface area contributed by atoms with E-state index in [1.54, 1.807) is 0 Å². The fourth-order valence-electron chi connectivity index (χ4n) is 1.67. The molecular weight excluding hydrogens is 163 g/mol. The average Bonchev–Trinajstić information content (AvgIpc) is 2.91. The molecule has 0 heterocycles. The first-order valence-electron chi connectivity index (χ1n) is 5.01. The van der Waals surface area contributed by atoms with Gasteiger partial charge >= 0.3 is 0 Å². The molecule has 1 fully saturated rings. The Kier molecular flexibility index (Phi) is 2.34. The maximum atomic E-state index is 13.5. The maximum Gasteiger partial charge on any atom is 0.129 e. The Labute approximate surface area is 78.8 Å². The Morgan fingerprint density at radius 2 is 2.15 bits per heavy atom. The number of hydrogen-bond acceptors (Lipinski definition) is 0. The summed E-state index contributed by atoms with van der Waals surface area (Å²) in [7, 11) is 0. The molecule has 0 aliphatic heterocycles. The molecule has 0 atom stereocenters. The summed E-state index contributed by atoms with van der Waals surface area (Å²) >= 11 is 0. The van der Waals surface area contributed by atoms with Crippen molar-refractivity contribution in [1.82, 2.24) is 0 Å². The van der Waals surface area contributed by atoms with Crippen LogP contribution in [0.15, 0.2) is 18.2 Å². The third-order valence-electron chi connectivity index (χ3n) is 2.79. The van der Waals surface area contributed by atoms with Gasteiger partial charge in [0.05, 0.1) is 0 Å². The molecule has 2 rings (SSSR count). The first-order chi connectivity index (χ1) is 6.27. The van der Waals surface area contributed by atoms with Crippen molar-refractivity contribution in [3.8, 4) is 0 Å². The van der Waals surface area contributed by atoms with Crippen LogP contribution in [0.3, 0.4) is 0 Å². The van der Waals surface area contributed by atoms with E-state index in [9.17, 15) is 4.39 Å². The molecule has 0 N–H and O–H groups in total. The minimum atomic E-state index is 0.00292. The van der Waals surface area contributed by atoms with Crippen LogP contribution in [0.2, 0.25) is 0 Å². The fraction of sp³-hybridized carbons (Fsp3) is 0.500. The molecule has 0 radical (unpaired) electrons. The van der Waals surface area contributed by atoms with E-state index in [0.717, 1.165) is 23.5 Å². The number of benzene rings is 1. The van der Waals surface area contributed by atoms with E-state index in [1.807, 2.05) is 25.1 Å². The summed E-state index contributed by atoms with van der Waals surface area (Å²) in [6.45, 7) is 1.83. The number of aryl methyl sites for hydroxylation is 2. The lowest BCUT2D eigenvalue weighted by Gasteiger charge is -2.04. The summed E-state index contributed by atoms with van der Waals surface area (Å²) in [4.78, 5) is 0. The minimum absolute atomic E-state index is 0.00292. The monoisotopic (exact) mass is 178 g/mol. The molecule has 0 spiro atoms. The van der Waals surface area contributed by atoms with Crippen molar-refractivity contribution < 1.29 is 4.39 Å². The van der Waals surface area contributed by atoms with Crippen molar-refractivity contribution in [3.05, 3.63) is 35.1 Å². The van der Waals surface area contributed by atoms with Crippen molar-refractivity contribution in [1.29, 1.82) is 0 Å². The Hall–Kier alpha value is -0.850. The SMILES string of the molecule is Cc1cccc(CCC2CC2)c1F. The van der Waals surface area contributed by atoms with Gasteiger partial charge in [0, 0.05) is 0 Å². The summed E-state index contributed by atoms with van der Waals surface area (Å²) in [5.41, 5.74) is 1.67. The third kappa shape index (κ3) is 2.09. The maximum absolute atomic E-state index is 13.5. The predicted octanol–water partition coefficient (Wildman–Crippen LogP) is 3.48. The van der Waals surface area contributed by atoms with Gasteiger partial charge in [-0.15, -0.1) is 0 Å². The Morgan fingerprint density at radius 3 is 2.85 bits per heavy atom. The standard InChI is InChI=1S/C12H15F/c1-9-3-2-4-11(12(9)13)8-7-10-5-6-10/h2-4,10H,5-8H2,1H3. The van der Waals surface area contributed by atoms with Crippen molar-refractivity contribution >= 4 is 0 Å². The number of hydrogen-bond donors (Lipinski definition) is 0. The highest BCUT2D eigenvalue weighted by Crippen LogP contribution is 2.33. The van der Waals surface area contributed by atoms with Crippen LogP contribution in [-0.4, -0.2) is 0 Å². The molecule has 1 aromatic rings. The van der Waals surface area contributed by atoms with E-state index in [-0.39, 0.29) is 5.82 Å². The van der Waals surface area contributed by atoms with Crippen molar-refractivity contribution in [3.63, 3.8) is 0 Å². The quantitative estimate of drug-likeness (QED) is 0.664. The second-order valence-corrected chi connectivity index (χ2v) is 4.03. The van der Waals surface area contributed by atoms with Crippen molar-refractivity contribution in [2.75, 3.05) is 0 Å². The topological polar surface area (TPSA) is 0 Å². The highest BCUT2D eigenvalue weighted by molar-refractivity contribution is 5.24. The van der Waals surface area contributed by atoms with Crippen molar-refractivity contribution in [2.24, 2.45) is 5.92 Å². The Morgan fingerprint density at radius 1 is 1.38 bits per heavy atom. The molecular formula is C12H15F. The van der Waals surface area contributed by atoms with Gasteiger partial charge in [-0.05, 0) is 36.8 Å². The molecule has 70 valence electrons. The van der Waals surface area contributed by atoms with E-state index in [4.69, 9.17) is 0 Å². The van der Waals surface area contributed by atoms with Crippen LogP contribution in [0.5, 0.6) is 0 Å². The first kappa shape index (κ1) is 8.74. The van der Waals surface area contributed by atoms with Gasteiger partial charge in [-0.3, -0.25) is 0 Å². The van der Waals surface area contributed by atoms with E-state index >= 15 is 0 Å². The van der Waals surface area contributed by atoms with Gasteiger partial charge < -0.3 is 0 Å². The van der Waals surface area contributed by atoms with E-state index in [2.05, 4.69) is 0 Å². The van der Waals surface area contributed by atoms with Crippen LogP contribution in [0, 0.1) is 18.7 Å². The van der Waals surface area contributed by atoms with Crippen LogP contribution in [-0.2, 0) is 6.42 Å². The lowest BCUT2D eigenvalue weighted by Crippen LogP contribution is -1.93. The molecule has 0 bridgehead atoms. The zero-order chi connectivity index (χ0) is 9.26. The van der Waals surface area contributed by atoms with E-state index in [1.165, 1.54) is 19.3 Å². The molecule has 0 nitrogen and oxygen atoms in total. The minimum Gasteiger partial charge on any atom is -0.206 e. The zero-order valence-corrected chi connectivity index (χ0v) is 8.02. The molecule has 1 aliphatic carbocycles. The molecule has 0 amide bonds. The average molecular weight is 178 g/mol. The van der Waals surface area contributed by atoms with Crippen LogP contribution in [0.25, 0.3) is 0 Å². The number of rotatable bonds is 3. The third-order valence-corrected chi connectivity index (χ3v) is 2.79. The molecule has 13 heavy (non-hydrogen) atoms. The largest absolute Gasteiger partial charge is 0.206 e. The smallest absolute Gasteiger partial charge is 0.129 e. The first-order valence-corrected chi connectivity index (χ1v) is 5.01. The molecule has 0 unspecified atom stereocenters. The Balaban J connectivity index is 2.05. The second kappa shape index (κ2) is 3.49. The molecule has 0 aromatic heterocycles. The van der Waals surface area contributed by atoms with Crippen molar-refractivity contribution in [2.45, 2.75) is 32.6 Å². The van der Waals surface area contributed by atoms with Crippen LogP contribution in [0.4, 0.5) is 4.39 Å². The van der Waals surface area contributed by atoms with Gasteiger partial charge in [0.2, 0.25) is 0 Å². The zero-order valence-electron chi connectivity index (χ0n) is 8.02. The predicted molar refractivity (Wildman–Crippen MR) is 52.2 cm³/mol. The fourth-order valence-corrected chi connectivity index (χ4v) is 1.67. The summed E-state index contributed by atoms with van der Waals surface area (Å²) in [6.07, 6.45) is 4.79. The molecule has 1 aromatic carbocycles. The normalized spacial score (nSPS) is 16.2. The van der Waals surface area contributed by atoms with Gasteiger partial charge in [-0.25, -0.2) is 4.39 Å². The molecule has 0 saturated heterocycles. The summed E-state index contributed by atoms with van der Waals surface area (Å²) in [5, 5.41) is 0. The highest BCUT2D eigenvalue weighted by atomic mass is 19.1. The van der Waals surface area contributed by atoms with Gasteiger partial charge in [-0.1, -0.05) is 31.0 Å². The van der Waals surface area contributed by atoms with Crippen LogP contribution in [0.1, 0.15) is 30.4 Å². The molecule has 1 aliphatic rings. The van der Waals surface area contributed by atoms with Crippen LogP contribution >= 0.6 is 0 Å². The summed E-state index contributed by atoms with van der Waals surface area (Å²) < 4.78 is 13.5. The van der Waals surface area contributed by atoms with E-state index < -0.39 is 0 Å². The van der Waals surface area contributed by atoms with Gasteiger partial charge in [0.25, 0.3) is 0 Å². The van der Waals surface area contributed by atoms with Gasteiger partial charge in [-0.2, -0.15) is 0 Å². The summed E-state index contributed by atoms with van der Waals surface area (Å²) in [6, 6.07) is 5.68. The molecule has 1 heteroatoms. The van der Waals surface area contributed by atoms with Gasteiger partial charge in [0.15, 0.2) is 0 Å². The lowest BCUT2D eigenvalue weighted by molar-refractivity contribution is 0.589. The van der Waals surface area contributed by atoms with Crippen LogP contribution < -0.4 is 0 Å².